The number of guanidine groups is 1. The number of hydrogen-bond donors (Lipinski definition) is 2. The number of rotatable bonds is 6. The van der Waals surface area contributed by atoms with Crippen molar-refractivity contribution in [2.75, 3.05) is 54.0 Å². The Hall–Kier alpha value is -0.900. The van der Waals surface area contributed by atoms with Crippen molar-refractivity contribution >= 4 is 29.9 Å². The fourth-order valence-electron chi connectivity index (χ4n) is 4.43. The molecule has 2 heterocycles. The van der Waals surface area contributed by atoms with Crippen LogP contribution in [-0.2, 0) is 11.3 Å². The van der Waals surface area contributed by atoms with E-state index >= 15 is 0 Å². The molecule has 0 unspecified atom stereocenters. The van der Waals surface area contributed by atoms with E-state index in [-0.39, 0.29) is 29.5 Å². The van der Waals surface area contributed by atoms with E-state index in [9.17, 15) is 0 Å². The maximum atomic E-state index is 5.58. The lowest BCUT2D eigenvalue weighted by Crippen LogP contribution is -2.58. The Bertz CT molecular complexity index is 667. The fraction of sp³-hybridized carbons (Fsp3) is 0.696. The van der Waals surface area contributed by atoms with Crippen LogP contribution in [0, 0.1) is 6.92 Å². The zero-order chi connectivity index (χ0) is 20.7. The van der Waals surface area contributed by atoms with Gasteiger partial charge in [-0.05, 0) is 57.8 Å². The summed E-state index contributed by atoms with van der Waals surface area (Å²) in [4.78, 5) is 9.40. The van der Waals surface area contributed by atoms with Gasteiger partial charge >= 0.3 is 0 Å². The first-order valence-electron chi connectivity index (χ1n) is 11.0. The van der Waals surface area contributed by atoms with Gasteiger partial charge in [0, 0.05) is 58.0 Å². The van der Waals surface area contributed by atoms with E-state index in [1.165, 1.54) is 11.1 Å². The van der Waals surface area contributed by atoms with Gasteiger partial charge in [0.05, 0.1) is 0 Å². The molecule has 0 bridgehead atoms. The van der Waals surface area contributed by atoms with Crippen molar-refractivity contribution in [2.45, 2.75) is 50.7 Å². The third-order valence-electron chi connectivity index (χ3n) is 6.76. The third kappa shape index (κ3) is 6.80. The molecule has 2 saturated heterocycles. The first-order chi connectivity index (χ1) is 14.0. The third-order valence-corrected chi connectivity index (χ3v) is 6.76. The quantitative estimate of drug-likeness (QED) is 0.337. The molecule has 0 saturated carbocycles. The Kier molecular flexibility index (Phi) is 10.3. The number of aryl methyl sites for hydroxylation is 1. The molecule has 2 fully saturated rings. The molecule has 2 aliphatic heterocycles. The molecule has 0 atom stereocenters. The van der Waals surface area contributed by atoms with Crippen molar-refractivity contribution in [2.24, 2.45) is 4.99 Å². The number of nitrogens with zero attached hydrogens (tertiary/aromatic N) is 3. The minimum Gasteiger partial charge on any atom is -0.381 e. The van der Waals surface area contributed by atoms with E-state index in [1.807, 2.05) is 7.05 Å². The lowest BCUT2D eigenvalue weighted by atomic mass is 9.88. The fourth-order valence-corrected chi connectivity index (χ4v) is 4.43. The van der Waals surface area contributed by atoms with E-state index < -0.39 is 0 Å². The van der Waals surface area contributed by atoms with Gasteiger partial charge in [0.25, 0.3) is 0 Å². The van der Waals surface area contributed by atoms with Crippen LogP contribution in [-0.4, -0.2) is 81.3 Å². The highest BCUT2D eigenvalue weighted by molar-refractivity contribution is 14.0. The van der Waals surface area contributed by atoms with Crippen LogP contribution in [0.2, 0.25) is 0 Å². The molecular weight excluding hydrogens is 489 g/mol. The Morgan fingerprint density at radius 3 is 2.47 bits per heavy atom. The molecule has 0 spiro atoms. The molecule has 6 nitrogen and oxygen atoms in total. The van der Waals surface area contributed by atoms with Crippen molar-refractivity contribution in [3.05, 3.63) is 35.4 Å². The lowest BCUT2D eigenvalue weighted by Gasteiger charge is -2.43. The summed E-state index contributed by atoms with van der Waals surface area (Å²) in [6.07, 6.45) is 4.42. The van der Waals surface area contributed by atoms with Crippen molar-refractivity contribution in [3.8, 4) is 0 Å². The molecule has 2 aliphatic rings. The average Bonchev–Trinajstić information content (AvgIpc) is 2.74. The standard InChI is InChI=1S/C23H39N5O.HI/c1-19-7-5-6-8-20(19)17-28-13-9-21(10-14-28)26-22(24-2)25-18-23(27(3)4)11-15-29-16-12-23;/h5-8,21H,9-18H2,1-4H3,(H2,24,25,26);1H. The smallest absolute Gasteiger partial charge is 0.191 e. The van der Waals surface area contributed by atoms with E-state index in [0.29, 0.717) is 6.04 Å². The molecule has 2 N–H and O–H groups in total. The number of nitrogens with one attached hydrogen (secondary N) is 2. The summed E-state index contributed by atoms with van der Waals surface area (Å²) < 4.78 is 5.58. The Labute approximate surface area is 199 Å². The monoisotopic (exact) mass is 529 g/mol. The molecule has 0 aromatic heterocycles. The summed E-state index contributed by atoms with van der Waals surface area (Å²) in [5, 5.41) is 7.25. The highest BCUT2D eigenvalue weighted by atomic mass is 127. The van der Waals surface area contributed by atoms with Crippen LogP contribution in [0.3, 0.4) is 0 Å². The van der Waals surface area contributed by atoms with Crippen molar-refractivity contribution in [1.82, 2.24) is 20.4 Å². The highest BCUT2D eigenvalue weighted by Gasteiger charge is 2.35. The zero-order valence-electron chi connectivity index (χ0n) is 19.1. The van der Waals surface area contributed by atoms with Gasteiger partial charge in [0.15, 0.2) is 5.96 Å². The minimum atomic E-state index is 0. The second kappa shape index (κ2) is 12.2. The second-order valence-electron chi connectivity index (χ2n) is 8.78. The summed E-state index contributed by atoms with van der Waals surface area (Å²) in [6, 6.07) is 9.21. The molecule has 3 rings (SSSR count). The number of benzene rings is 1. The minimum absolute atomic E-state index is 0. The molecule has 1 aromatic rings. The molecule has 0 radical (unpaired) electrons. The predicted molar refractivity (Wildman–Crippen MR) is 136 cm³/mol. The topological polar surface area (TPSA) is 52.1 Å². The van der Waals surface area contributed by atoms with E-state index in [4.69, 9.17) is 4.74 Å². The first-order valence-corrected chi connectivity index (χ1v) is 11.0. The average molecular weight is 530 g/mol. The molecular formula is C23H40IN5O. The van der Waals surface area contributed by atoms with Crippen LogP contribution in [0.4, 0.5) is 0 Å². The Morgan fingerprint density at radius 1 is 1.20 bits per heavy atom. The first kappa shape index (κ1) is 25.4. The van der Waals surface area contributed by atoms with Crippen LogP contribution in [0.5, 0.6) is 0 Å². The van der Waals surface area contributed by atoms with Crippen LogP contribution in [0.15, 0.2) is 29.3 Å². The van der Waals surface area contributed by atoms with Gasteiger partial charge in [-0.15, -0.1) is 24.0 Å². The number of halogens is 1. The van der Waals surface area contributed by atoms with Crippen LogP contribution >= 0.6 is 24.0 Å². The van der Waals surface area contributed by atoms with Crippen LogP contribution in [0.25, 0.3) is 0 Å². The lowest BCUT2D eigenvalue weighted by molar-refractivity contribution is -0.00504. The SMILES string of the molecule is CN=C(NCC1(N(C)C)CCOCC1)NC1CCN(Cc2ccccc2C)CC1.I. The zero-order valence-corrected chi connectivity index (χ0v) is 21.4. The van der Waals surface area contributed by atoms with E-state index in [1.54, 1.807) is 0 Å². The van der Waals surface area contributed by atoms with Gasteiger partial charge in [0.1, 0.15) is 0 Å². The van der Waals surface area contributed by atoms with Crippen LogP contribution in [0.1, 0.15) is 36.8 Å². The molecule has 1 aromatic carbocycles. The normalized spacial score (nSPS) is 20.6. The maximum Gasteiger partial charge on any atom is 0.191 e. The van der Waals surface area contributed by atoms with Gasteiger partial charge in [-0.1, -0.05) is 24.3 Å². The Balaban J connectivity index is 0.00000320. The molecule has 0 amide bonds. The highest BCUT2D eigenvalue weighted by Crippen LogP contribution is 2.25. The van der Waals surface area contributed by atoms with Crippen LogP contribution < -0.4 is 10.6 Å². The molecule has 170 valence electrons. The molecule has 30 heavy (non-hydrogen) atoms. The van der Waals surface area contributed by atoms with Crippen molar-refractivity contribution in [1.29, 1.82) is 0 Å². The summed E-state index contributed by atoms with van der Waals surface area (Å²) in [6.45, 7) is 8.09. The van der Waals surface area contributed by atoms with E-state index in [0.717, 1.165) is 71.0 Å². The Morgan fingerprint density at radius 2 is 1.87 bits per heavy atom. The van der Waals surface area contributed by atoms with Gasteiger partial charge in [-0.3, -0.25) is 9.89 Å². The van der Waals surface area contributed by atoms with Gasteiger partial charge < -0.3 is 20.3 Å². The van der Waals surface area contributed by atoms with E-state index in [2.05, 4.69) is 70.7 Å². The summed E-state index contributed by atoms with van der Waals surface area (Å²) >= 11 is 0. The summed E-state index contributed by atoms with van der Waals surface area (Å²) in [7, 11) is 6.22. The molecule has 0 aliphatic carbocycles. The van der Waals surface area contributed by atoms with Gasteiger partial charge in [-0.2, -0.15) is 0 Å². The van der Waals surface area contributed by atoms with Crippen molar-refractivity contribution < 1.29 is 4.74 Å². The number of hydrogen-bond acceptors (Lipinski definition) is 4. The largest absolute Gasteiger partial charge is 0.381 e. The van der Waals surface area contributed by atoms with Crippen molar-refractivity contribution in [3.63, 3.8) is 0 Å². The number of likely N-dealkylation sites (N-methyl/N-ethyl adjacent to an activating group) is 1. The second-order valence-corrected chi connectivity index (χ2v) is 8.78. The number of likely N-dealkylation sites (tertiary alicyclic amines) is 1. The van der Waals surface area contributed by atoms with Gasteiger partial charge in [0.2, 0.25) is 0 Å². The summed E-state index contributed by atoms with van der Waals surface area (Å²) in [5.74, 6) is 0.926. The number of piperidine rings is 1. The number of ether oxygens (including phenoxy) is 1. The molecule has 7 heteroatoms. The predicted octanol–water partition coefficient (Wildman–Crippen LogP) is 2.85. The number of aliphatic imine (C=N–C) groups is 1. The maximum absolute atomic E-state index is 5.58. The van der Waals surface area contributed by atoms with Gasteiger partial charge in [-0.25, -0.2) is 0 Å². The summed E-state index contributed by atoms with van der Waals surface area (Å²) in [5.41, 5.74) is 2.98.